The van der Waals surface area contributed by atoms with Gasteiger partial charge in [0.1, 0.15) is 0 Å². The highest BCUT2D eigenvalue weighted by Crippen LogP contribution is 2.03. The summed E-state index contributed by atoms with van der Waals surface area (Å²) in [5.74, 6) is 0.240. The zero-order valence-electron chi connectivity index (χ0n) is 9.29. The number of rotatable bonds is 6. The van der Waals surface area contributed by atoms with Gasteiger partial charge in [0.2, 0.25) is 5.91 Å². The molecule has 4 N–H and O–H groups in total. The van der Waals surface area contributed by atoms with Crippen molar-refractivity contribution in [2.24, 2.45) is 11.7 Å². The smallest absolute Gasteiger partial charge is 0.237 e. The van der Waals surface area contributed by atoms with Crippen LogP contribution in [0.5, 0.6) is 0 Å². The molecule has 0 aliphatic heterocycles. The van der Waals surface area contributed by atoms with Crippen LogP contribution in [0.15, 0.2) is 0 Å². The fraction of sp³-hybridized carbons (Fsp3) is 0.900. The van der Waals surface area contributed by atoms with Crippen LogP contribution in [0.3, 0.4) is 0 Å². The van der Waals surface area contributed by atoms with Gasteiger partial charge in [-0.25, -0.2) is 0 Å². The van der Waals surface area contributed by atoms with Crippen LogP contribution in [0.1, 0.15) is 33.6 Å². The van der Waals surface area contributed by atoms with Crippen LogP contribution in [0, 0.1) is 5.92 Å². The van der Waals surface area contributed by atoms with Crippen LogP contribution >= 0.6 is 0 Å². The number of carbonyl (C=O) groups is 1. The van der Waals surface area contributed by atoms with Crippen molar-refractivity contribution in [2.75, 3.05) is 6.61 Å². The molecule has 0 aliphatic rings. The number of carbonyl (C=O) groups excluding carboxylic acids is 1. The summed E-state index contributed by atoms with van der Waals surface area (Å²) in [6, 6.07) is -0.628. The predicted molar refractivity (Wildman–Crippen MR) is 56.7 cm³/mol. The van der Waals surface area contributed by atoms with Crippen LogP contribution in [0.25, 0.3) is 0 Å². The minimum atomic E-state index is -0.462. The van der Waals surface area contributed by atoms with Gasteiger partial charge in [-0.05, 0) is 18.8 Å². The molecule has 0 spiro atoms. The Morgan fingerprint density at radius 3 is 2.43 bits per heavy atom. The van der Waals surface area contributed by atoms with Gasteiger partial charge in [0.25, 0.3) is 0 Å². The summed E-state index contributed by atoms with van der Waals surface area (Å²) in [4.78, 5) is 11.5. The maximum atomic E-state index is 11.5. The highest BCUT2D eigenvalue weighted by molar-refractivity contribution is 5.81. The van der Waals surface area contributed by atoms with E-state index in [0.717, 1.165) is 6.42 Å². The fourth-order valence-electron chi connectivity index (χ4n) is 1.20. The standard InChI is InChI=1S/C10H22N2O2/c1-4-8(6-13)12-10(14)9(11)5-7(2)3/h7-9,13H,4-6,11H2,1-3H3,(H,12,14)/t8?,9-/m0/s1. The highest BCUT2D eigenvalue weighted by atomic mass is 16.3. The summed E-state index contributed by atoms with van der Waals surface area (Å²) in [6.07, 6.45) is 1.39. The quantitative estimate of drug-likeness (QED) is 0.578. The van der Waals surface area contributed by atoms with E-state index < -0.39 is 6.04 Å². The van der Waals surface area contributed by atoms with Crippen molar-refractivity contribution in [3.05, 3.63) is 0 Å². The van der Waals surface area contributed by atoms with E-state index in [9.17, 15) is 4.79 Å². The van der Waals surface area contributed by atoms with E-state index >= 15 is 0 Å². The molecule has 2 atom stereocenters. The summed E-state index contributed by atoms with van der Waals surface area (Å²) in [5, 5.41) is 11.6. The average Bonchev–Trinajstić information content (AvgIpc) is 2.12. The highest BCUT2D eigenvalue weighted by Gasteiger charge is 2.17. The molecular formula is C10H22N2O2. The van der Waals surface area contributed by atoms with Crippen molar-refractivity contribution >= 4 is 5.91 Å². The largest absolute Gasteiger partial charge is 0.394 e. The zero-order chi connectivity index (χ0) is 11.1. The summed E-state index contributed by atoms with van der Waals surface area (Å²) in [6.45, 7) is 5.93. The molecule has 0 bridgehead atoms. The molecule has 0 heterocycles. The second-order valence-electron chi connectivity index (χ2n) is 4.03. The monoisotopic (exact) mass is 202 g/mol. The summed E-state index contributed by atoms with van der Waals surface area (Å²) < 4.78 is 0. The van der Waals surface area contributed by atoms with Crippen LogP contribution in [0.2, 0.25) is 0 Å². The van der Waals surface area contributed by atoms with Crippen molar-refractivity contribution in [1.82, 2.24) is 5.32 Å². The van der Waals surface area contributed by atoms with Gasteiger partial charge in [-0.2, -0.15) is 0 Å². The molecule has 1 amide bonds. The van der Waals surface area contributed by atoms with Gasteiger partial charge in [0.05, 0.1) is 18.7 Å². The van der Waals surface area contributed by atoms with Crippen LogP contribution < -0.4 is 11.1 Å². The van der Waals surface area contributed by atoms with E-state index in [1.54, 1.807) is 0 Å². The normalized spacial score (nSPS) is 15.3. The first-order valence-electron chi connectivity index (χ1n) is 5.18. The topological polar surface area (TPSA) is 75.3 Å². The second kappa shape index (κ2) is 6.79. The second-order valence-corrected chi connectivity index (χ2v) is 4.03. The Bertz CT molecular complexity index is 168. The molecule has 0 radical (unpaired) electrons. The lowest BCUT2D eigenvalue weighted by molar-refractivity contribution is -0.123. The Hall–Kier alpha value is -0.610. The van der Waals surface area contributed by atoms with E-state index in [4.69, 9.17) is 10.8 Å². The van der Waals surface area contributed by atoms with Crippen LogP contribution in [-0.4, -0.2) is 29.7 Å². The molecular weight excluding hydrogens is 180 g/mol. The molecule has 0 aromatic rings. The third-order valence-corrected chi connectivity index (χ3v) is 2.12. The number of aliphatic hydroxyl groups excluding tert-OH is 1. The predicted octanol–water partition coefficient (Wildman–Crippen LogP) is 0.247. The van der Waals surface area contributed by atoms with Gasteiger partial charge in [0, 0.05) is 0 Å². The first-order chi connectivity index (χ1) is 6.51. The Labute approximate surface area is 85.9 Å². The number of hydrogen-bond acceptors (Lipinski definition) is 3. The molecule has 14 heavy (non-hydrogen) atoms. The molecule has 0 fully saturated rings. The van der Waals surface area contributed by atoms with E-state index in [1.165, 1.54) is 0 Å². The van der Waals surface area contributed by atoms with Crippen LogP contribution in [0.4, 0.5) is 0 Å². The maximum Gasteiger partial charge on any atom is 0.237 e. The van der Waals surface area contributed by atoms with Gasteiger partial charge in [0.15, 0.2) is 0 Å². The molecule has 0 saturated heterocycles. The van der Waals surface area contributed by atoms with Crippen molar-refractivity contribution in [1.29, 1.82) is 0 Å². The number of nitrogens with one attached hydrogen (secondary N) is 1. The minimum Gasteiger partial charge on any atom is -0.394 e. The van der Waals surface area contributed by atoms with E-state index in [-0.39, 0.29) is 18.6 Å². The lowest BCUT2D eigenvalue weighted by Gasteiger charge is -2.18. The number of nitrogens with two attached hydrogens (primary N) is 1. The Morgan fingerprint density at radius 2 is 2.07 bits per heavy atom. The molecule has 0 rings (SSSR count). The molecule has 1 unspecified atom stereocenters. The van der Waals surface area contributed by atoms with Gasteiger partial charge in [-0.15, -0.1) is 0 Å². The Balaban J connectivity index is 3.93. The number of hydrogen-bond donors (Lipinski definition) is 3. The molecule has 0 aromatic carbocycles. The van der Waals surface area contributed by atoms with Crippen molar-refractivity contribution < 1.29 is 9.90 Å². The Kier molecular flexibility index (Phi) is 6.49. The van der Waals surface area contributed by atoms with Gasteiger partial charge >= 0.3 is 0 Å². The molecule has 0 aromatic heterocycles. The van der Waals surface area contributed by atoms with Crippen LogP contribution in [-0.2, 0) is 4.79 Å². The molecule has 0 aliphatic carbocycles. The zero-order valence-corrected chi connectivity index (χ0v) is 9.29. The first-order valence-corrected chi connectivity index (χ1v) is 5.18. The molecule has 0 saturated carbocycles. The summed E-state index contributed by atoms with van der Waals surface area (Å²) in [5.41, 5.74) is 5.68. The van der Waals surface area contributed by atoms with Crippen molar-refractivity contribution in [2.45, 2.75) is 45.7 Å². The van der Waals surface area contributed by atoms with E-state index in [1.807, 2.05) is 20.8 Å². The molecule has 84 valence electrons. The van der Waals surface area contributed by atoms with E-state index in [0.29, 0.717) is 12.3 Å². The average molecular weight is 202 g/mol. The lowest BCUT2D eigenvalue weighted by atomic mass is 10.0. The van der Waals surface area contributed by atoms with Gasteiger partial charge in [-0.1, -0.05) is 20.8 Å². The van der Waals surface area contributed by atoms with Crippen molar-refractivity contribution in [3.8, 4) is 0 Å². The van der Waals surface area contributed by atoms with Gasteiger partial charge < -0.3 is 16.2 Å². The van der Waals surface area contributed by atoms with Gasteiger partial charge in [-0.3, -0.25) is 4.79 Å². The summed E-state index contributed by atoms with van der Waals surface area (Å²) >= 11 is 0. The molecule has 4 heteroatoms. The van der Waals surface area contributed by atoms with E-state index in [2.05, 4.69) is 5.32 Å². The van der Waals surface area contributed by atoms with Crippen molar-refractivity contribution in [3.63, 3.8) is 0 Å². The third kappa shape index (κ3) is 5.19. The third-order valence-electron chi connectivity index (χ3n) is 2.12. The number of amides is 1. The molecule has 4 nitrogen and oxygen atoms in total. The lowest BCUT2D eigenvalue weighted by Crippen LogP contribution is -2.46. The summed E-state index contributed by atoms with van der Waals surface area (Å²) in [7, 11) is 0. The Morgan fingerprint density at radius 1 is 1.50 bits per heavy atom. The minimum absolute atomic E-state index is 0.0311. The SMILES string of the molecule is CCC(CO)NC(=O)[C@@H](N)CC(C)C. The first kappa shape index (κ1) is 13.4. The fourth-order valence-corrected chi connectivity index (χ4v) is 1.20. The maximum absolute atomic E-state index is 11.5. The number of aliphatic hydroxyl groups is 1.